The molecule has 0 N–H and O–H groups in total. The molecule has 8 aromatic carbocycles. The highest BCUT2D eigenvalue weighted by molar-refractivity contribution is 6.26. The van der Waals surface area contributed by atoms with E-state index in [2.05, 4.69) is 191 Å². The first-order chi connectivity index (χ1) is 23.8. The van der Waals surface area contributed by atoms with Crippen LogP contribution in [0.25, 0.3) is 88.0 Å². The van der Waals surface area contributed by atoms with Crippen LogP contribution in [0, 0.1) is 0 Å². The zero-order valence-electron chi connectivity index (χ0n) is 26.2. The highest BCUT2D eigenvalue weighted by atomic mass is 15.0. The van der Waals surface area contributed by atoms with Crippen LogP contribution in [0.5, 0.6) is 0 Å². The first-order valence-electron chi connectivity index (χ1n) is 16.5. The molecule has 0 aliphatic rings. The van der Waals surface area contributed by atoms with E-state index >= 15 is 0 Å². The van der Waals surface area contributed by atoms with Gasteiger partial charge in [0.15, 0.2) is 0 Å². The number of para-hydroxylation sites is 2. The highest BCUT2D eigenvalue weighted by Gasteiger charge is 2.21. The van der Waals surface area contributed by atoms with Gasteiger partial charge in [0.25, 0.3) is 0 Å². The number of aromatic nitrogens is 2. The van der Waals surface area contributed by atoms with Crippen LogP contribution in [-0.2, 0) is 0 Å². The van der Waals surface area contributed by atoms with Gasteiger partial charge in [-0.15, -0.1) is 0 Å². The number of fused-ring (bicyclic) bond motifs is 8. The lowest BCUT2D eigenvalue weighted by atomic mass is 10.0. The van der Waals surface area contributed by atoms with Gasteiger partial charge in [-0.05, 0) is 64.0 Å². The Morgan fingerprint density at radius 3 is 1.56 bits per heavy atom. The van der Waals surface area contributed by atoms with Gasteiger partial charge in [0, 0.05) is 32.6 Å². The summed E-state index contributed by atoms with van der Waals surface area (Å²) in [7, 11) is 0. The van der Waals surface area contributed by atoms with Crippen molar-refractivity contribution in [2.24, 2.45) is 0 Å². The van der Waals surface area contributed by atoms with Gasteiger partial charge < -0.3 is 9.13 Å². The lowest BCUT2D eigenvalue weighted by Gasteiger charge is -2.13. The Hall–Kier alpha value is -6.38. The monoisotopic (exact) mass is 610 g/mol. The fourth-order valence-electron chi connectivity index (χ4n) is 7.73. The fourth-order valence-corrected chi connectivity index (χ4v) is 7.73. The Labute approximate surface area is 278 Å². The molecule has 2 aromatic heterocycles. The van der Waals surface area contributed by atoms with Crippen LogP contribution in [0.2, 0.25) is 0 Å². The Morgan fingerprint density at radius 2 is 0.833 bits per heavy atom. The van der Waals surface area contributed by atoms with Gasteiger partial charge >= 0.3 is 0 Å². The first kappa shape index (κ1) is 26.8. The summed E-state index contributed by atoms with van der Waals surface area (Å²) < 4.78 is 4.92. The third-order valence-electron chi connectivity index (χ3n) is 9.93. The fraction of sp³-hybridized carbons (Fsp3) is 0. The maximum atomic E-state index is 2.49. The molecule has 2 heteroatoms. The normalized spacial score (nSPS) is 11.8. The summed E-state index contributed by atoms with van der Waals surface area (Å²) in [4.78, 5) is 0. The second-order valence-electron chi connectivity index (χ2n) is 12.5. The minimum absolute atomic E-state index is 1.15. The molecular formula is C46H30N2. The molecule has 10 aromatic rings. The molecule has 0 amide bonds. The van der Waals surface area contributed by atoms with E-state index in [-0.39, 0.29) is 0 Å². The zero-order chi connectivity index (χ0) is 31.6. The molecule has 0 saturated carbocycles. The Kier molecular flexibility index (Phi) is 5.91. The average molecular weight is 611 g/mol. The molecular weight excluding hydrogens is 581 g/mol. The predicted octanol–water partition coefficient (Wildman–Crippen LogP) is 12.4. The van der Waals surface area contributed by atoms with Gasteiger partial charge in [0.2, 0.25) is 0 Å². The van der Waals surface area contributed by atoms with Gasteiger partial charge in [-0.25, -0.2) is 0 Å². The molecule has 0 unspecified atom stereocenters. The third-order valence-corrected chi connectivity index (χ3v) is 9.93. The quantitative estimate of drug-likeness (QED) is 0.188. The van der Waals surface area contributed by atoms with Crippen molar-refractivity contribution in [1.82, 2.24) is 9.13 Å². The molecule has 0 radical (unpaired) electrons. The van der Waals surface area contributed by atoms with E-state index in [1.54, 1.807) is 0 Å². The average Bonchev–Trinajstić information content (AvgIpc) is 3.68. The SMILES string of the molecule is c1ccc(-c2ccc(-c3ccc(-n4c5ccccc5c5c4ccc4c6ccccc6n(-c6cccc7ccccc67)c45)cc3)cc2)cc1. The summed E-state index contributed by atoms with van der Waals surface area (Å²) in [6.45, 7) is 0. The van der Waals surface area contributed by atoms with Crippen LogP contribution in [0.1, 0.15) is 0 Å². The molecule has 48 heavy (non-hydrogen) atoms. The number of benzene rings is 8. The number of nitrogens with zero attached hydrogens (tertiary/aromatic N) is 2. The second kappa shape index (κ2) is 10.6. The van der Waals surface area contributed by atoms with E-state index in [9.17, 15) is 0 Å². The largest absolute Gasteiger partial charge is 0.309 e. The van der Waals surface area contributed by atoms with Crippen molar-refractivity contribution >= 4 is 54.4 Å². The lowest BCUT2D eigenvalue weighted by molar-refractivity contribution is 1.18. The summed E-state index contributed by atoms with van der Waals surface area (Å²) >= 11 is 0. The van der Waals surface area contributed by atoms with Gasteiger partial charge in [0.05, 0.1) is 27.8 Å². The van der Waals surface area contributed by atoms with Gasteiger partial charge in [-0.1, -0.05) is 146 Å². The van der Waals surface area contributed by atoms with E-state index in [1.165, 1.54) is 82.3 Å². The minimum atomic E-state index is 1.15. The van der Waals surface area contributed by atoms with E-state index in [0.717, 1.165) is 5.69 Å². The molecule has 0 spiro atoms. The van der Waals surface area contributed by atoms with Crippen LogP contribution >= 0.6 is 0 Å². The molecule has 10 rings (SSSR count). The molecule has 224 valence electrons. The molecule has 0 saturated heterocycles. The third kappa shape index (κ3) is 4.00. The Balaban J connectivity index is 1.19. The summed E-state index contributed by atoms with van der Waals surface area (Å²) in [5, 5.41) is 7.54. The topological polar surface area (TPSA) is 9.86 Å². The van der Waals surface area contributed by atoms with Gasteiger partial charge in [-0.3, -0.25) is 0 Å². The molecule has 0 bridgehead atoms. The molecule has 0 atom stereocenters. The number of hydrogen-bond acceptors (Lipinski definition) is 0. The molecule has 0 fully saturated rings. The van der Waals surface area contributed by atoms with Crippen molar-refractivity contribution in [3.63, 3.8) is 0 Å². The van der Waals surface area contributed by atoms with Crippen LogP contribution in [0.3, 0.4) is 0 Å². The van der Waals surface area contributed by atoms with Crippen molar-refractivity contribution in [2.75, 3.05) is 0 Å². The predicted molar refractivity (Wildman–Crippen MR) is 203 cm³/mol. The molecule has 2 heterocycles. The van der Waals surface area contributed by atoms with E-state index < -0.39 is 0 Å². The number of rotatable bonds is 4. The number of hydrogen-bond donors (Lipinski definition) is 0. The first-order valence-corrected chi connectivity index (χ1v) is 16.5. The Bertz CT molecular complexity index is 2790. The van der Waals surface area contributed by atoms with Crippen LogP contribution in [0.15, 0.2) is 182 Å². The van der Waals surface area contributed by atoms with Crippen LogP contribution in [-0.4, -0.2) is 9.13 Å². The van der Waals surface area contributed by atoms with Crippen molar-refractivity contribution in [3.8, 4) is 33.6 Å². The lowest BCUT2D eigenvalue weighted by Crippen LogP contribution is -1.96. The van der Waals surface area contributed by atoms with Crippen molar-refractivity contribution in [2.45, 2.75) is 0 Å². The van der Waals surface area contributed by atoms with Crippen molar-refractivity contribution in [3.05, 3.63) is 182 Å². The summed E-state index contributed by atoms with van der Waals surface area (Å²) in [5.74, 6) is 0. The van der Waals surface area contributed by atoms with E-state index in [4.69, 9.17) is 0 Å². The van der Waals surface area contributed by atoms with Gasteiger partial charge in [-0.2, -0.15) is 0 Å². The zero-order valence-corrected chi connectivity index (χ0v) is 26.2. The van der Waals surface area contributed by atoms with Crippen molar-refractivity contribution < 1.29 is 0 Å². The smallest absolute Gasteiger partial charge is 0.0641 e. The summed E-state index contributed by atoms with van der Waals surface area (Å²) in [5.41, 5.74) is 12.1. The maximum absolute atomic E-state index is 2.49. The summed E-state index contributed by atoms with van der Waals surface area (Å²) in [6.07, 6.45) is 0. The minimum Gasteiger partial charge on any atom is -0.309 e. The standard InChI is InChI=1S/C46H30N2/c1-2-11-31(12-3-1)32-21-23-33(24-22-32)34-25-27-36(28-26-34)47-43-19-9-7-17-40(43)45-44(47)30-29-39-38-16-6-8-18-42(38)48(46(39)45)41-20-10-14-35-13-4-5-15-37(35)41/h1-30H. The Morgan fingerprint density at radius 1 is 0.292 bits per heavy atom. The van der Waals surface area contributed by atoms with Crippen LogP contribution in [0.4, 0.5) is 0 Å². The van der Waals surface area contributed by atoms with E-state index in [1.807, 2.05) is 0 Å². The van der Waals surface area contributed by atoms with Gasteiger partial charge in [0.1, 0.15) is 0 Å². The maximum Gasteiger partial charge on any atom is 0.0641 e. The van der Waals surface area contributed by atoms with Crippen molar-refractivity contribution in [1.29, 1.82) is 0 Å². The molecule has 2 nitrogen and oxygen atoms in total. The second-order valence-corrected chi connectivity index (χ2v) is 12.5. The summed E-state index contributed by atoms with van der Waals surface area (Å²) in [6, 6.07) is 66.1. The van der Waals surface area contributed by atoms with Crippen LogP contribution < -0.4 is 0 Å². The molecule has 0 aliphatic carbocycles. The van der Waals surface area contributed by atoms with E-state index in [0.29, 0.717) is 0 Å². The highest BCUT2D eigenvalue weighted by Crippen LogP contribution is 2.43. The molecule has 0 aliphatic heterocycles.